The Morgan fingerprint density at radius 3 is 2.42 bits per heavy atom. The van der Waals surface area contributed by atoms with Gasteiger partial charge in [0, 0.05) is 28.4 Å². The molecule has 3 rings (SSSR count). The van der Waals surface area contributed by atoms with Gasteiger partial charge in [-0.15, -0.1) is 0 Å². The number of nitrogens with one attached hydrogen (secondary N) is 1. The van der Waals surface area contributed by atoms with Gasteiger partial charge in [-0.25, -0.2) is 4.39 Å². The molecular weight excluding hydrogens is 372 g/mol. The number of anilines is 1. The van der Waals surface area contributed by atoms with Gasteiger partial charge < -0.3 is 10.1 Å². The molecule has 0 fully saturated rings. The van der Waals surface area contributed by atoms with Crippen molar-refractivity contribution in [1.29, 1.82) is 0 Å². The highest BCUT2D eigenvalue weighted by molar-refractivity contribution is 6.31. The first-order valence-corrected chi connectivity index (χ1v) is 8.92. The van der Waals surface area contributed by atoms with Crippen LogP contribution in [0.3, 0.4) is 0 Å². The van der Waals surface area contributed by atoms with Crippen molar-refractivity contribution >= 4 is 28.9 Å². The molecule has 0 saturated heterocycles. The van der Waals surface area contributed by atoms with Crippen molar-refractivity contribution in [3.8, 4) is 5.75 Å². The third kappa shape index (κ3) is 4.90. The number of rotatable bonds is 6. The summed E-state index contributed by atoms with van der Waals surface area (Å²) < 4.78 is 19.1. The summed E-state index contributed by atoms with van der Waals surface area (Å²) >= 11 is 12.2. The molecular formula is C21H18Cl2FNO. The fourth-order valence-corrected chi connectivity index (χ4v) is 2.91. The lowest BCUT2D eigenvalue weighted by molar-refractivity contribution is 0.303. The van der Waals surface area contributed by atoms with E-state index in [1.54, 1.807) is 12.1 Å². The highest BCUT2D eigenvalue weighted by atomic mass is 35.5. The van der Waals surface area contributed by atoms with E-state index in [9.17, 15) is 4.39 Å². The molecule has 0 bridgehead atoms. The average Bonchev–Trinajstić information content (AvgIpc) is 2.62. The van der Waals surface area contributed by atoms with Gasteiger partial charge in [0.1, 0.15) is 18.2 Å². The molecule has 0 spiro atoms. The Morgan fingerprint density at radius 2 is 1.69 bits per heavy atom. The lowest BCUT2D eigenvalue weighted by Gasteiger charge is -2.14. The molecule has 0 radical (unpaired) electrons. The Bertz CT molecular complexity index is 897. The van der Waals surface area contributed by atoms with Crippen molar-refractivity contribution < 1.29 is 9.13 Å². The number of halogens is 3. The second kappa shape index (κ2) is 8.43. The molecule has 0 aliphatic rings. The van der Waals surface area contributed by atoms with Gasteiger partial charge in [-0.2, -0.15) is 0 Å². The summed E-state index contributed by atoms with van der Waals surface area (Å²) in [5.74, 6) is 0.336. The van der Waals surface area contributed by atoms with E-state index in [4.69, 9.17) is 27.9 Å². The maximum absolute atomic E-state index is 13.2. The van der Waals surface area contributed by atoms with Crippen molar-refractivity contribution in [2.45, 2.75) is 20.1 Å². The van der Waals surface area contributed by atoms with Crippen LogP contribution in [0.1, 0.15) is 16.7 Å². The molecule has 0 unspecified atom stereocenters. The Hall–Kier alpha value is -2.23. The van der Waals surface area contributed by atoms with E-state index in [1.807, 2.05) is 43.3 Å². The molecule has 0 atom stereocenters. The van der Waals surface area contributed by atoms with Gasteiger partial charge >= 0.3 is 0 Å². The predicted molar refractivity (Wildman–Crippen MR) is 106 cm³/mol. The van der Waals surface area contributed by atoms with Crippen LogP contribution in [0.2, 0.25) is 10.0 Å². The molecule has 26 heavy (non-hydrogen) atoms. The SMILES string of the molecule is Cc1ccc(NCc2cc(Cl)ccc2OCc2ccc(F)cc2Cl)cc1. The Labute approximate surface area is 162 Å². The zero-order chi connectivity index (χ0) is 18.5. The van der Waals surface area contributed by atoms with E-state index >= 15 is 0 Å². The third-order valence-corrected chi connectivity index (χ3v) is 4.54. The highest BCUT2D eigenvalue weighted by Crippen LogP contribution is 2.26. The minimum atomic E-state index is -0.367. The van der Waals surface area contributed by atoms with E-state index in [1.165, 1.54) is 17.7 Å². The fourth-order valence-electron chi connectivity index (χ4n) is 2.49. The number of hydrogen-bond donors (Lipinski definition) is 1. The van der Waals surface area contributed by atoms with Crippen LogP contribution in [0.5, 0.6) is 5.75 Å². The van der Waals surface area contributed by atoms with Crippen LogP contribution in [-0.4, -0.2) is 0 Å². The lowest BCUT2D eigenvalue weighted by Crippen LogP contribution is -2.04. The molecule has 0 aromatic heterocycles. The first-order chi connectivity index (χ1) is 12.5. The summed E-state index contributed by atoms with van der Waals surface area (Å²) in [6, 6.07) is 17.9. The summed E-state index contributed by atoms with van der Waals surface area (Å²) in [5, 5.41) is 4.34. The third-order valence-electron chi connectivity index (χ3n) is 3.96. The van der Waals surface area contributed by atoms with Crippen molar-refractivity contribution in [2.75, 3.05) is 5.32 Å². The lowest BCUT2D eigenvalue weighted by atomic mass is 10.1. The van der Waals surface area contributed by atoms with Crippen molar-refractivity contribution in [3.05, 3.63) is 93.2 Å². The fraction of sp³-hybridized carbons (Fsp3) is 0.143. The minimum absolute atomic E-state index is 0.248. The van der Waals surface area contributed by atoms with Gasteiger partial charge in [-0.05, 0) is 49.4 Å². The summed E-state index contributed by atoms with van der Waals surface area (Å²) in [5.41, 5.74) is 3.87. The van der Waals surface area contributed by atoms with E-state index in [-0.39, 0.29) is 12.4 Å². The molecule has 0 saturated carbocycles. The second-order valence-electron chi connectivity index (χ2n) is 6.00. The zero-order valence-corrected chi connectivity index (χ0v) is 15.7. The topological polar surface area (TPSA) is 21.3 Å². The maximum Gasteiger partial charge on any atom is 0.124 e. The predicted octanol–water partition coefficient (Wildman–Crippen LogP) is 6.63. The zero-order valence-electron chi connectivity index (χ0n) is 14.2. The normalized spacial score (nSPS) is 10.6. The van der Waals surface area contributed by atoms with Crippen LogP contribution in [0.15, 0.2) is 60.7 Å². The first-order valence-electron chi connectivity index (χ1n) is 8.17. The standard InChI is InChI=1S/C21H18Cl2FNO/c1-14-2-7-19(8-3-14)25-12-16-10-17(22)5-9-21(16)26-13-15-4-6-18(24)11-20(15)23/h2-11,25H,12-13H2,1H3. The summed E-state index contributed by atoms with van der Waals surface area (Å²) in [7, 11) is 0. The van der Waals surface area contributed by atoms with Crippen LogP contribution < -0.4 is 10.1 Å². The minimum Gasteiger partial charge on any atom is -0.488 e. The molecule has 1 N–H and O–H groups in total. The van der Waals surface area contributed by atoms with E-state index in [0.717, 1.165) is 16.8 Å². The quantitative estimate of drug-likeness (QED) is 0.510. The van der Waals surface area contributed by atoms with Crippen molar-refractivity contribution in [2.24, 2.45) is 0 Å². The number of ether oxygens (including phenoxy) is 1. The molecule has 3 aromatic carbocycles. The van der Waals surface area contributed by atoms with E-state index < -0.39 is 0 Å². The molecule has 2 nitrogen and oxygen atoms in total. The average molecular weight is 390 g/mol. The van der Waals surface area contributed by atoms with Gasteiger partial charge in [-0.3, -0.25) is 0 Å². The van der Waals surface area contributed by atoms with Crippen LogP contribution in [0.25, 0.3) is 0 Å². The molecule has 0 aliphatic heterocycles. The van der Waals surface area contributed by atoms with Gasteiger partial charge in [0.05, 0.1) is 5.02 Å². The van der Waals surface area contributed by atoms with Crippen LogP contribution in [-0.2, 0) is 13.2 Å². The molecule has 0 heterocycles. The second-order valence-corrected chi connectivity index (χ2v) is 6.84. The Balaban J connectivity index is 1.71. The van der Waals surface area contributed by atoms with Gasteiger partial charge in [0.25, 0.3) is 0 Å². The summed E-state index contributed by atoms with van der Waals surface area (Å²) in [6.45, 7) is 2.86. The molecule has 134 valence electrons. The Kier molecular flexibility index (Phi) is 6.02. The molecule has 0 aliphatic carbocycles. The smallest absolute Gasteiger partial charge is 0.124 e. The summed E-state index contributed by atoms with van der Waals surface area (Å²) in [6.07, 6.45) is 0. The van der Waals surface area contributed by atoms with Crippen LogP contribution >= 0.6 is 23.2 Å². The number of hydrogen-bond acceptors (Lipinski definition) is 2. The Morgan fingerprint density at radius 1 is 0.923 bits per heavy atom. The van der Waals surface area contributed by atoms with E-state index in [2.05, 4.69) is 5.32 Å². The first kappa shape index (κ1) is 18.6. The van der Waals surface area contributed by atoms with Crippen LogP contribution in [0, 0.1) is 12.7 Å². The largest absolute Gasteiger partial charge is 0.488 e. The molecule has 5 heteroatoms. The number of aryl methyl sites for hydroxylation is 1. The molecule has 0 amide bonds. The highest BCUT2D eigenvalue weighted by Gasteiger charge is 2.08. The van der Waals surface area contributed by atoms with E-state index in [0.29, 0.717) is 22.3 Å². The number of benzene rings is 3. The van der Waals surface area contributed by atoms with Crippen LogP contribution in [0.4, 0.5) is 10.1 Å². The van der Waals surface area contributed by atoms with Gasteiger partial charge in [0.15, 0.2) is 0 Å². The maximum atomic E-state index is 13.2. The van der Waals surface area contributed by atoms with Gasteiger partial charge in [0.2, 0.25) is 0 Å². The monoisotopic (exact) mass is 389 g/mol. The van der Waals surface area contributed by atoms with Crippen molar-refractivity contribution in [3.63, 3.8) is 0 Å². The summed E-state index contributed by atoms with van der Waals surface area (Å²) in [4.78, 5) is 0. The molecule has 3 aromatic rings. The van der Waals surface area contributed by atoms with Gasteiger partial charge in [-0.1, -0.05) is 47.0 Å². The van der Waals surface area contributed by atoms with Crippen molar-refractivity contribution in [1.82, 2.24) is 0 Å².